The SMILES string of the molecule is C=CC(C)C(C)C1(C(C)C2CCC2(C)C(C)C)CC1C. The van der Waals surface area contributed by atoms with Crippen LogP contribution in [0.4, 0.5) is 0 Å². The van der Waals surface area contributed by atoms with Crippen LogP contribution >= 0.6 is 0 Å². The number of hydrogen-bond donors (Lipinski definition) is 0. The Balaban J connectivity index is 2.19. The maximum Gasteiger partial charge on any atom is -0.0209 e. The molecule has 0 nitrogen and oxygen atoms in total. The first kappa shape index (κ1) is 16.1. The van der Waals surface area contributed by atoms with E-state index in [0.717, 1.165) is 29.6 Å². The summed E-state index contributed by atoms with van der Waals surface area (Å²) in [4.78, 5) is 0. The van der Waals surface area contributed by atoms with E-state index in [4.69, 9.17) is 0 Å². The van der Waals surface area contributed by atoms with Crippen molar-refractivity contribution in [2.75, 3.05) is 0 Å². The largest absolute Gasteiger partial charge is 0.103 e. The van der Waals surface area contributed by atoms with Gasteiger partial charge >= 0.3 is 0 Å². The van der Waals surface area contributed by atoms with Crippen molar-refractivity contribution in [3.05, 3.63) is 12.7 Å². The van der Waals surface area contributed by atoms with Crippen LogP contribution < -0.4 is 0 Å². The van der Waals surface area contributed by atoms with Crippen molar-refractivity contribution in [3.63, 3.8) is 0 Å². The Kier molecular flexibility index (Phi) is 4.17. The normalized spacial score (nSPS) is 44.6. The predicted octanol–water partition coefficient (Wildman–Crippen LogP) is 6.18. The Labute approximate surface area is 127 Å². The highest BCUT2D eigenvalue weighted by atomic mass is 14.7. The fraction of sp³-hybridized carbons (Fsp3) is 0.900. The van der Waals surface area contributed by atoms with Crippen molar-refractivity contribution in [2.45, 2.75) is 67.7 Å². The van der Waals surface area contributed by atoms with Gasteiger partial charge in [0.05, 0.1) is 0 Å². The van der Waals surface area contributed by atoms with Gasteiger partial charge in [0.25, 0.3) is 0 Å². The molecule has 0 bridgehead atoms. The first-order valence-corrected chi connectivity index (χ1v) is 8.84. The molecule has 0 aliphatic heterocycles. The molecule has 0 aromatic rings. The predicted molar refractivity (Wildman–Crippen MR) is 89.6 cm³/mol. The molecule has 2 fully saturated rings. The summed E-state index contributed by atoms with van der Waals surface area (Å²) in [5.74, 6) is 4.96. The molecule has 0 amide bonds. The summed E-state index contributed by atoms with van der Waals surface area (Å²) in [6.07, 6.45) is 6.51. The average molecular weight is 277 g/mol. The van der Waals surface area contributed by atoms with E-state index in [-0.39, 0.29) is 0 Å². The Morgan fingerprint density at radius 3 is 2.00 bits per heavy atom. The Morgan fingerprint density at radius 2 is 1.70 bits per heavy atom. The quantitative estimate of drug-likeness (QED) is 0.508. The summed E-state index contributed by atoms with van der Waals surface area (Å²) < 4.78 is 0. The summed E-state index contributed by atoms with van der Waals surface area (Å²) in [6.45, 7) is 21.3. The van der Waals surface area contributed by atoms with E-state index in [1.807, 2.05) is 0 Å². The Morgan fingerprint density at radius 1 is 1.15 bits per heavy atom. The second-order valence-electron chi connectivity index (χ2n) is 8.70. The van der Waals surface area contributed by atoms with Gasteiger partial charge in [-0.3, -0.25) is 0 Å². The molecule has 0 saturated heterocycles. The molecule has 0 aromatic carbocycles. The first-order valence-electron chi connectivity index (χ1n) is 8.84. The first-order chi connectivity index (χ1) is 9.21. The van der Waals surface area contributed by atoms with Gasteiger partial charge in [-0.1, -0.05) is 54.5 Å². The molecule has 0 heterocycles. The van der Waals surface area contributed by atoms with Crippen molar-refractivity contribution < 1.29 is 0 Å². The number of allylic oxidation sites excluding steroid dienone is 1. The monoisotopic (exact) mass is 276 g/mol. The van der Waals surface area contributed by atoms with Gasteiger partial charge in [-0.05, 0) is 65.6 Å². The van der Waals surface area contributed by atoms with Gasteiger partial charge in [0.2, 0.25) is 0 Å². The van der Waals surface area contributed by atoms with E-state index >= 15 is 0 Å². The summed E-state index contributed by atoms with van der Waals surface area (Å²) in [5.41, 5.74) is 1.18. The van der Waals surface area contributed by atoms with Gasteiger partial charge < -0.3 is 0 Å². The zero-order valence-corrected chi connectivity index (χ0v) is 14.9. The molecule has 2 aliphatic rings. The maximum atomic E-state index is 4.04. The molecule has 2 saturated carbocycles. The van der Waals surface area contributed by atoms with Gasteiger partial charge in [0, 0.05) is 0 Å². The van der Waals surface area contributed by atoms with Gasteiger partial charge in [0.15, 0.2) is 0 Å². The molecule has 7 unspecified atom stereocenters. The molecule has 0 radical (unpaired) electrons. The Hall–Kier alpha value is -0.260. The van der Waals surface area contributed by atoms with Crippen LogP contribution in [0.25, 0.3) is 0 Å². The lowest BCUT2D eigenvalue weighted by atomic mass is 9.49. The zero-order chi connectivity index (χ0) is 15.3. The number of hydrogen-bond acceptors (Lipinski definition) is 0. The highest BCUT2D eigenvalue weighted by molar-refractivity contribution is 5.12. The average Bonchev–Trinajstić information content (AvgIpc) is 3.07. The molecule has 0 spiro atoms. The fourth-order valence-corrected chi connectivity index (χ4v) is 5.53. The van der Waals surface area contributed by atoms with Crippen LogP contribution in [0.3, 0.4) is 0 Å². The molecular weight excluding hydrogens is 240 g/mol. The Bertz CT molecular complexity index is 368. The van der Waals surface area contributed by atoms with Crippen molar-refractivity contribution in [2.24, 2.45) is 46.3 Å². The van der Waals surface area contributed by atoms with Crippen LogP contribution in [0.1, 0.15) is 67.7 Å². The van der Waals surface area contributed by atoms with E-state index < -0.39 is 0 Å². The lowest BCUT2D eigenvalue weighted by Crippen LogP contribution is -2.48. The van der Waals surface area contributed by atoms with Crippen LogP contribution in [0.15, 0.2) is 12.7 Å². The van der Waals surface area contributed by atoms with Crippen LogP contribution in [-0.2, 0) is 0 Å². The molecule has 116 valence electrons. The van der Waals surface area contributed by atoms with E-state index in [2.05, 4.69) is 61.1 Å². The van der Waals surface area contributed by atoms with Crippen LogP contribution in [0, 0.1) is 46.3 Å². The zero-order valence-electron chi connectivity index (χ0n) is 14.9. The number of rotatable bonds is 6. The lowest BCUT2D eigenvalue weighted by Gasteiger charge is -2.56. The summed E-state index contributed by atoms with van der Waals surface area (Å²) in [7, 11) is 0. The molecule has 2 aliphatic carbocycles. The molecular formula is C20H36. The van der Waals surface area contributed by atoms with Crippen LogP contribution in [0.2, 0.25) is 0 Å². The standard InChI is InChI=1S/C20H36/c1-9-14(4)16(6)20(12-15(20)5)17(7)18-10-11-19(18,8)13(2)3/h9,13-18H,1,10-12H2,2-8H3. The second kappa shape index (κ2) is 5.18. The summed E-state index contributed by atoms with van der Waals surface area (Å²) >= 11 is 0. The minimum Gasteiger partial charge on any atom is -0.103 e. The van der Waals surface area contributed by atoms with Crippen molar-refractivity contribution in [1.82, 2.24) is 0 Å². The molecule has 0 aromatic heterocycles. The molecule has 0 heteroatoms. The maximum absolute atomic E-state index is 4.04. The van der Waals surface area contributed by atoms with Crippen molar-refractivity contribution in [1.29, 1.82) is 0 Å². The van der Waals surface area contributed by atoms with Crippen molar-refractivity contribution >= 4 is 0 Å². The van der Waals surface area contributed by atoms with E-state index in [1.54, 1.807) is 0 Å². The van der Waals surface area contributed by atoms with E-state index in [0.29, 0.717) is 16.7 Å². The van der Waals surface area contributed by atoms with E-state index in [1.165, 1.54) is 19.3 Å². The van der Waals surface area contributed by atoms with E-state index in [9.17, 15) is 0 Å². The van der Waals surface area contributed by atoms with Gasteiger partial charge in [0.1, 0.15) is 0 Å². The molecule has 0 N–H and O–H groups in total. The lowest BCUT2D eigenvalue weighted by molar-refractivity contribution is -0.0686. The highest BCUT2D eigenvalue weighted by Crippen LogP contribution is 2.70. The highest BCUT2D eigenvalue weighted by Gasteiger charge is 2.63. The van der Waals surface area contributed by atoms with Crippen molar-refractivity contribution in [3.8, 4) is 0 Å². The van der Waals surface area contributed by atoms with Gasteiger partial charge in [-0.2, -0.15) is 0 Å². The topological polar surface area (TPSA) is 0 Å². The van der Waals surface area contributed by atoms with Crippen LogP contribution in [0.5, 0.6) is 0 Å². The summed E-state index contributed by atoms with van der Waals surface area (Å²) in [6, 6.07) is 0. The summed E-state index contributed by atoms with van der Waals surface area (Å²) in [5, 5.41) is 0. The smallest absolute Gasteiger partial charge is 0.0209 e. The van der Waals surface area contributed by atoms with Gasteiger partial charge in [-0.25, -0.2) is 0 Å². The third-order valence-corrected chi connectivity index (χ3v) is 8.04. The molecule has 2 rings (SSSR count). The second-order valence-corrected chi connectivity index (χ2v) is 8.70. The molecule has 7 atom stereocenters. The third-order valence-electron chi connectivity index (χ3n) is 8.04. The fourth-order valence-electron chi connectivity index (χ4n) is 5.53. The molecule has 20 heavy (non-hydrogen) atoms. The van der Waals surface area contributed by atoms with Gasteiger partial charge in [-0.15, -0.1) is 6.58 Å². The third kappa shape index (κ3) is 2.09. The van der Waals surface area contributed by atoms with Crippen LogP contribution in [-0.4, -0.2) is 0 Å². The minimum absolute atomic E-state index is 0.589. The minimum atomic E-state index is 0.589.